The normalized spacial score (nSPS) is 30.0. The summed E-state index contributed by atoms with van der Waals surface area (Å²) in [4.78, 5) is 29.8. The number of imide groups is 1. The van der Waals surface area contributed by atoms with Crippen LogP contribution in [-0.2, 0) is 16.1 Å². The Kier molecular flexibility index (Phi) is 4.62. The zero-order valence-corrected chi connectivity index (χ0v) is 16.7. The van der Waals surface area contributed by atoms with Crippen LogP contribution in [0.15, 0.2) is 48.5 Å². The zero-order valence-electron chi connectivity index (χ0n) is 16.7. The highest BCUT2D eigenvalue weighted by Crippen LogP contribution is 2.53. The van der Waals surface area contributed by atoms with Crippen molar-refractivity contribution in [2.75, 3.05) is 6.54 Å². The number of likely N-dealkylation sites (tertiary alicyclic amines) is 1. The number of benzene rings is 2. The smallest absolute Gasteiger partial charge is 0.235 e. The number of fused-ring (bicyclic) bond motifs is 3. The number of amidine groups is 1. The van der Waals surface area contributed by atoms with Crippen LogP contribution in [0.4, 0.5) is 8.78 Å². The molecule has 5 rings (SSSR count). The predicted molar refractivity (Wildman–Crippen MR) is 109 cm³/mol. The van der Waals surface area contributed by atoms with E-state index in [1.54, 1.807) is 36.4 Å². The van der Waals surface area contributed by atoms with Crippen molar-refractivity contribution in [3.63, 3.8) is 0 Å². The highest BCUT2D eigenvalue weighted by atomic mass is 19.1. The Labute approximate surface area is 178 Å². The van der Waals surface area contributed by atoms with Crippen LogP contribution in [0.2, 0.25) is 0 Å². The first kappa shape index (κ1) is 19.8. The molecular formula is C23H22F2N4O2. The molecule has 2 aromatic carbocycles. The van der Waals surface area contributed by atoms with Gasteiger partial charge in [-0.25, -0.2) is 8.78 Å². The lowest BCUT2D eigenvalue weighted by atomic mass is 9.84. The maximum absolute atomic E-state index is 14.9. The Morgan fingerprint density at radius 3 is 2.32 bits per heavy atom. The van der Waals surface area contributed by atoms with Crippen molar-refractivity contribution in [1.29, 1.82) is 5.41 Å². The number of hydrogen-bond donors (Lipinski definition) is 2. The van der Waals surface area contributed by atoms with Gasteiger partial charge in [-0.1, -0.05) is 36.4 Å². The van der Waals surface area contributed by atoms with E-state index in [1.807, 2.05) is 4.90 Å². The van der Waals surface area contributed by atoms with E-state index in [1.165, 1.54) is 17.0 Å². The number of rotatable bonds is 4. The first-order valence-electron chi connectivity index (χ1n) is 10.3. The van der Waals surface area contributed by atoms with Gasteiger partial charge in [0.2, 0.25) is 11.8 Å². The van der Waals surface area contributed by atoms with Crippen LogP contribution in [0.25, 0.3) is 0 Å². The molecule has 3 saturated heterocycles. The van der Waals surface area contributed by atoms with Gasteiger partial charge in [-0.2, -0.15) is 0 Å². The first-order valence-corrected chi connectivity index (χ1v) is 10.3. The number of halogens is 2. The largest absolute Gasteiger partial charge is 0.384 e. The number of amides is 2. The SMILES string of the molecule is N=C(N)c1ccc([C@H]2[C@H]3C(=O)N(Cc4ccc(F)cc4)C(=O)[C@H]3[C@H]3[C@@H](F)CCN32)cc1. The van der Waals surface area contributed by atoms with Gasteiger partial charge >= 0.3 is 0 Å². The van der Waals surface area contributed by atoms with Gasteiger partial charge in [0.25, 0.3) is 0 Å². The summed E-state index contributed by atoms with van der Waals surface area (Å²) in [6, 6.07) is 11.6. The number of carbonyl (C=O) groups excluding carboxylic acids is 2. The van der Waals surface area contributed by atoms with Crippen LogP contribution in [0.1, 0.15) is 29.2 Å². The highest BCUT2D eigenvalue weighted by Gasteiger charge is 2.65. The molecule has 3 N–H and O–H groups in total. The van der Waals surface area contributed by atoms with E-state index in [0.29, 0.717) is 24.1 Å². The summed E-state index contributed by atoms with van der Waals surface area (Å²) in [7, 11) is 0. The fourth-order valence-corrected chi connectivity index (χ4v) is 5.41. The van der Waals surface area contributed by atoms with Crippen LogP contribution in [0.5, 0.6) is 0 Å². The Morgan fingerprint density at radius 1 is 1.03 bits per heavy atom. The highest BCUT2D eigenvalue weighted by molar-refractivity contribution is 6.06. The third kappa shape index (κ3) is 3.05. The monoisotopic (exact) mass is 424 g/mol. The average molecular weight is 424 g/mol. The number of nitrogen functional groups attached to an aromatic ring is 1. The maximum Gasteiger partial charge on any atom is 0.235 e. The van der Waals surface area contributed by atoms with Gasteiger partial charge in [0.15, 0.2) is 0 Å². The molecule has 2 amide bonds. The molecule has 31 heavy (non-hydrogen) atoms. The Morgan fingerprint density at radius 2 is 1.68 bits per heavy atom. The van der Waals surface area contributed by atoms with E-state index in [-0.39, 0.29) is 24.2 Å². The van der Waals surface area contributed by atoms with Crippen LogP contribution in [0.3, 0.4) is 0 Å². The number of carbonyl (C=O) groups is 2. The lowest BCUT2D eigenvalue weighted by Crippen LogP contribution is -2.41. The molecule has 0 radical (unpaired) electrons. The number of alkyl halides is 1. The van der Waals surface area contributed by atoms with Gasteiger partial charge in [-0.3, -0.25) is 24.8 Å². The molecule has 3 aliphatic rings. The fourth-order valence-electron chi connectivity index (χ4n) is 5.41. The van der Waals surface area contributed by atoms with Gasteiger partial charge < -0.3 is 5.73 Å². The van der Waals surface area contributed by atoms with Gasteiger partial charge in [-0.05, 0) is 29.7 Å². The number of nitrogens with zero attached hydrogens (tertiary/aromatic N) is 2. The predicted octanol–water partition coefficient (Wildman–Crippen LogP) is 2.38. The minimum atomic E-state index is -1.17. The number of nitrogens with two attached hydrogens (primary N) is 1. The molecule has 0 bridgehead atoms. The van der Waals surface area contributed by atoms with Gasteiger partial charge in [0, 0.05) is 18.2 Å². The number of nitrogens with one attached hydrogen (secondary N) is 1. The second kappa shape index (κ2) is 7.23. The van der Waals surface area contributed by atoms with Gasteiger partial charge in [-0.15, -0.1) is 0 Å². The van der Waals surface area contributed by atoms with Crippen LogP contribution < -0.4 is 5.73 Å². The Hall–Kier alpha value is -3.13. The van der Waals surface area contributed by atoms with Gasteiger partial charge in [0.05, 0.1) is 24.4 Å². The topological polar surface area (TPSA) is 90.5 Å². The van der Waals surface area contributed by atoms with E-state index in [0.717, 1.165) is 5.56 Å². The lowest BCUT2D eigenvalue weighted by molar-refractivity contribution is -0.142. The van der Waals surface area contributed by atoms with E-state index < -0.39 is 35.9 Å². The minimum Gasteiger partial charge on any atom is -0.384 e. The summed E-state index contributed by atoms with van der Waals surface area (Å²) in [6.07, 6.45) is -0.841. The number of hydrogen-bond acceptors (Lipinski definition) is 4. The van der Waals surface area contributed by atoms with Crippen LogP contribution in [-0.4, -0.2) is 46.2 Å². The minimum absolute atomic E-state index is 0.0462. The molecule has 8 heteroatoms. The van der Waals surface area contributed by atoms with Crippen molar-refractivity contribution in [3.8, 4) is 0 Å². The lowest BCUT2D eigenvalue weighted by Gasteiger charge is -2.29. The third-order valence-corrected chi connectivity index (χ3v) is 6.79. The summed E-state index contributed by atoms with van der Waals surface area (Å²) >= 11 is 0. The Balaban J connectivity index is 1.50. The molecule has 160 valence electrons. The van der Waals surface area contributed by atoms with Crippen molar-refractivity contribution < 1.29 is 18.4 Å². The first-order chi connectivity index (χ1) is 14.9. The molecule has 0 spiro atoms. The molecule has 0 unspecified atom stereocenters. The molecule has 3 fully saturated rings. The maximum atomic E-state index is 14.9. The standard InChI is InChI=1S/C23H22F2N4O2/c24-15-7-1-12(2-8-15)11-29-22(30)17-18(23(29)31)20-16(25)9-10-28(20)19(17)13-3-5-14(6-4-13)21(26)27/h1-8,16-20H,9-11H2,(H3,26,27)/t16-,17-,18+,19-,20+/m0/s1. The average Bonchev–Trinajstić information content (AvgIpc) is 3.36. The third-order valence-electron chi connectivity index (χ3n) is 6.79. The molecule has 3 aliphatic heterocycles. The molecule has 3 heterocycles. The molecule has 2 aromatic rings. The molecule has 0 aromatic heterocycles. The van der Waals surface area contributed by atoms with Crippen molar-refractivity contribution in [2.24, 2.45) is 17.6 Å². The molecule has 0 saturated carbocycles. The summed E-state index contributed by atoms with van der Waals surface area (Å²) in [6.45, 7) is 0.529. The summed E-state index contributed by atoms with van der Waals surface area (Å²) in [5.41, 5.74) is 7.55. The van der Waals surface area contributed by atoms with Crippen molar-refractivity contribution >= 4 is 17.6 Å². The van der Waals surface area contributed by atoms with Crippen molar-refractivity contribution in [2.45, 2.75) is 31.2 Å². The van der Waals surface area contributed by atoms with Crippen LogP contribution in [0, 0.1) is 23.1 Å². The Bertz CT molecular complexity index is 1060. The van der Waals surface area contributed by atoms with Crippen molar-refractivity contribution in [3.05, 3.63) is 71.0 Å². The van der Waals surface area contributed by atoms with E-state index in [9.17, 15) is 18.4 Å². The second-order valence-corrected chi connectivity index (χ2v) is 8.45. The summed E-state index contributed by atoms with van der Waals surface area (Å²) in [5.74, 6) is -2.53. The van der Waals surface area contributed by atoms with E-state index in [4.69, 9.17) is 11.1 Å². The van der Waals surface area contributed by atoms with Gasteiger partial charge in [0.1, 0.15) is 17.8 Å². The fraction of sp³-hybridized carbons (Fsp3) is 0.348. The van der Waals surface area contributed by atoms with Crippen LogP contribution >= 0.6 is 0 Å². The second-order valence-electron chi connectivity index (χ2n) is 8.45. The van der Waals surface area contributed by atoms with Crippen molar-refractivity contribution in [1.82, 2.24) is 9.80 Å². The zero-order chi connectivity index (χ0) is 21.9. The molecular weight excluding hydrogens is 402 g/mol. The molecule has 6 nitrogen and oxygen atoms in total. The van der Waals surface area contributed by atoms with E-state index in [2.05, 4.69) is 0 Å². The summed E-state index contributed by atoms with van der Waals surface area (Å²) in [5, 5.41) is 7.57. The quantitative estimate of drug-likeness (QED) is 0.448. The summed E-state index contributed by atoms with van der Waals surface area (Å²) < 4.78 is 28.1. The molecule has 5 atom stereocenters. The molecule has 0 aliphatic carbocycles. The van der Waals surface area contributed by atoms with E-state index >= 15 is 0 Å².